The average Bonchev–Trinajstić information content (AvgIpc) is 2.98. The second-order valence-electron chi connectivity index (χ2n) is 4.43. The molecule has 21 heavy (non-hydrogen) atoms. The van der Waals surface area contributed by atoms with E-state index in [0.29, 0.717) is 17.4 Å². The van der Waals surface area contributed by atoms with E-state index in [4.69, 9.17) is 9.26 Å². The molecule has 1 aromatic carbocycles. The number of aromatic nitrogens is 3. The van der Waals surface area contributed by atoms with Crippen molar-refractivity contribution in [2.45, 2.75) is 13.5 Å². The van der Waals surface area contributed by atoms with Gasteiger partial charge >= 0.3 is 0 Å². The van der Waals surface area contributed by atoms with Crippen molar-refractivity contribution in [3.63, 3.8) is 0 Å². The molecule has 3 rings (SSSR count). The largest absolute Gasteiger partial charge is 0.484 e. The number of hydrogen-bond acceptors (Lipinski definition) is 5. The lowest BCUT2D eigenvalue weighted by atomic mass is 10.2. The fraction of sp³-hybridized carbons (Fsp3) is 0.133. The molecular formula is C15H12BrN3O2. The molecule has 0 aliphatic rings. The van der Waals surface area contributed by atoms with E-state index in [-0.39, 0.29) is 6.61 Å². The van der Waals surface area contributed by atoms with E-state index in [1.807, 2.05) is 43.3 Å². The Bertz CT molecular complexity index is 744. The molecule has 0 radical (unpaired) electrons. The molecule has 0 saturated heterocycles. The van der Waals surface area contributed by atoms with Gasteiger partial charge in [-0.15, -0.1) is 0 Å². The van der Waals surface area contributed by atoms with Crippen LogP contribution in [0.4, 0.5) is 0 Å². The van der Waals surface area contributed by atoms with Crippen LogP contribution in [0.2, 0.25) is 0 Å². The first kappa shape index (κ1) is 13.8. The van der Waals surface area contributed by atoms with Crippen LogP contribution in [0.3, 0.4) is 0 Å². The molecule has 2 aromatic heterocycles. The van der Waals surface area contributed by atoms with Crippen molar-refractivity contribution in [2.24, 2.45) is 0 Å². The van der Waals surface area contributed by atoms with Gasteiger partial charge in [0.05, 0.1) is 0 Å². The summed E-state index contributed by atoms with van der Waals surface area (Å²) < 4.78 is 11.8. The Balaban J connectivity index is 1.69. The summed E-state index contributed by atoms with van der Waals surface area (Å²) in [6, 6.07) is 11.3. The fourth-order valence-corrected chi connectivity index (χ4v) is 2.01. The van der Waals surface area contributed by atoms with Crippen molar-refractivity contribution < 1.29 is 9.26 Å². The minimum absolute atomic E-state index is 0.223. The number of pyridine rings is 1. The Morgan fingerprint density at radius 3 is 2.90 bits per heavy atom. The van der Waals surface area contributed by atoms with E-state index >= 15 is 0 Å². The van der Waals surface area contributed by atoms with Crippen LogP contribution in [0, 0.1) is 6.92 Å². The summed E-state index contributed by atoms with van der Waals surface area (Å²) in [5, 5.41) is 3.89. The summed E-state index contributed by atoms with van der Waals surface area (Å²) in [5.41, 5.74) is 1.78. The maximum Gasteiger partial charge on any atom is 0.264 e. The van der Waals surface area contributed by atoms with Gasteiger partial charge in [0.15, 0.2) is 6.61 Å². The SMILES string of the molecule is Cc1cc(OCc2nc(-c3ccccn3)no2)ccc1Br. The molecule has 0 fully saturated rings. The van der Waals surface area contributed by atoms with Gasteiger partial charge in [0.2, 0.25) is 5.82 Å². The minimum Gasteiger partial charge on any atom is -0.484 e. The zero-order valence-corrected chi connectivity index (χ0v) is 12.9. The van der Waals surface area contributed by atoms with E-state index in [2.05, 4.69) is 31.1 Å². The smallest absolute Gasteiger partial charge is 0.264 e. The third-order valence-corrected chi connectivity index (χ3v) is 3.74. The normalized spacial score (nSPS) is 10.6. The standard InChI is InChI=1S/C15H12BrN3O2/c1-10-8-11(5-6-12(10)16)20-9-14-18-15(19-21-14)13-4-2-3-7-17-13/h2-8H,9H2,1H3. The molecule has 0 bridgehead atoms. The number of ether oxygens (including phenoxy) is 1. The Labute approximate surface area is 130 Å². The average molecular weight is 346 g/mol. The summed E-state index contributed by atoms with van der Waals surface area (Å²) in [6.07, 6.45) is 1.69. The number of benzene rings is 1. The van der Waals surface area contributed by atoms with Crippen LogP contribution in [0.5, 0.6) is 5.75 Å². The van der Waals surface area contributed by atoms with E-state index in [1.165, 1.54) is 0 Å². The Morgan fingerprint density at radius 2 is 2.14 bits per heavy atom. The van der Waals surface area contributed by atoms with Crippen molar-refractivity contribution >= 4 is 15.9 Å². The van der Waals surface area contributed by atoms with E-state index < -0.39 is 0 Å². The minimum atomic E-state index is 0.223. The molecule has 0 aliphatic carbocycles. The molecule has 6 heteroatoms. The fourth-order valence-electron chi connectivity index (χ4n) is 1.76. The second kappa shape index (κ2) is 6.05. The number of halogens is 1. The third-order valence-electron chi connectivity index (χ3n) is 2.85. The van der Waals surface area contributed by atoms with Crippen molar-refractivity contribution in [1.82, 2.24) is 15.1 Å². The van der Waals surface area contributed by atoms with Crippen LogP contribution in [-0.2, 0) is 6.61 Å². The van der Waals surface area contributed by atoms with Gasteiger partial charge in [-0.1, -0.05) is 27.2 Å². The zero-order chi connectivity index (χ0) is 14.7. The van der Waals surface area contributed by atoms with Gasteiger partial charge in [0, 0.05) is 10.7 Å². The van der Waals surface area contributed by atoms with Crippen molar-refractivity contribution in [2.75, 3.05) is 0 Å². The lowest BCUT2D eigenvalue weighted by Gasteiger charge is -2.05. The van der Waals surface area contributed by atoms with Crippen LogP contribution in [0.15, 0.2) is 51.6 Å². The summed E-state index contributed by atoms with van der Waals surface area (Å²) in [7, 11) is 0. The van der Waals surface area contributed by atoms with Gasteiger partial charge in [-0.2, -0.15) is 4.98 Å². The predicted molar refractivity (Wildman–Crippen MR) is 80.7 cm³/mol. The predicted octanol–water partition coefficient (Wildman–Crippen LogP) is 3.78. The molecule has 5 nitrogen and oxygen atoms in total. The van der Waals surface area contributed by atoms with Gasteiger partial charge in [-0.3, -0.25) is 4.98 Å². The molecular weight excluding hydrogens is 334 g/mol. The summed E-state index contributed by atoms with van der Waals surface area (Å²) >= 11 is 3.45. The highest BCUT2D eigenvalue weighted by Crippen LogP contribution is 2.22. The summed E-state index contributed by atoms with van der Waals surface area (Å²) in [6.45, 7) is 2.23. The van der Waals surface area contributed by atoms with E-state index in [9.17, 15) is 0 Å². The molecule has 0 N–H and O–H groups in total. The monoisotopic (exact) mass is 345 g/mol. The van der Waals surface area contributed by atoms with Crippen LogP contribution in [0.25, 0.3) is 11.5 Å². The molecule has 0 atom stereocenters. The van der Waals surface area contributed by atoms with E-state index in [1.54, 1.807) is 6.20 Å². The highest BCUT2D eigenvalue weighted by molar-refractivity contribution is 9.10. The quantitative estimate of drug-likeness (QED) is 0.719. The maximum absolute atomic E-state index is 5.64. The number of hydrogen-bond donors (Lipinski definition) is 0. The molecule has 3 aromatic rings. The molecule has 0 unspecified atom stereocenters. The van der Waals surface area contributed by atoms with Crippen LogP contribution in [-0.4, -0.2) is 15.1 Å². The highest BCUT2D eigenvalue weighted by atomic mass is 79.9. The summed E-state index contributed by atoms with van der Waals surface area (Å²) in [4.78, 5) is 8.43. The van der Waals surface area contributed by atoms with Crippen molar-refractivity contribution in [3.05, 3.63) is 58.5 Å². The molecule has 0 amide bonds. The van der Waals surface area contributed by atoms with Gasteiger partial charge in [-0.25, -0.2) is 0 Å². The highest BCUT2D eigenvalue weighted by Gasteiger charge is 2.10. The number of nitrogens with zero attached hydrogens (tertiary/aromatic N) is 3. The first-order chi connectivity index (χ1) is 10.2. The van der Waals surface area contributed by atoms with E-state index in [0.717, 1.165) is 15.8 Å². The molecule has 0 saturated carbocycles. The molecule has 0 spiro atoms. The van der Waals surface area contributed by atoms with Crippen LogP contribution in [0.1, 0.15) is 11.5 Å². The Morgan fingerprint density at radius 1 is 1.24 bits per heavy atom. The Kier molecular flexibility index (Phi) is 3.96. The van der Waals surface area contributed by atoms with Gasteiger partial charge in [-0.05, 0) is 42.8 Å². The van der Waals surface area contributed by atoms with Crippen molar-refractivity contribution in [1.29, 1.82) is 0 Å². The van der Waals surface area contributed by atoms with Gasteiger partial charge < -0.3 is 9.26 Å². The first-order valence-corrected chi connectivity index (χ1v) is 7.14. The van der Waals surface area contributed by atoms with Gasteiger partial charge in [0.1, 0.15) is 11.4 Å². The van der Waals surface area contributed by atoms with Crippen LogP contribution < -0.4 is 4.74 Å². The van der Waals surface area contributed by atoms with Gasteiger partial charge in [0.25, 0.3) is 5.89 Å². The number of aryl methyl sites for hydroxylation is 1. The molecule has 106 valence electrons. The second-order valence-corrected chi connectivity index (χ2v) is 5.28. The molecule has 0 aliphatic heterocycles. The topological polar surface area (TPSA) is 61.0 Å². The Hall–Kier alpha value is -2.21. The van der Waals surface area contributed by atoms with Crippen molar-refractivity contribution in [3.8, 4) is 17.3 Å². The summed E-state index contributed by atoms with van der Waals surface area (Å²) in [5.74, 6) is 1.63. The number of rotatable bonds is 4. The maximum atomic E-state index is 5.64. The zero-order valence-electron chi connectivity index (χ0n) is 11.3. The lowest BCUT2D eigenvalue weighted by molar-refractivity contribution is 0.243. The third kappa shape index (κ3) is 3.28. The van der Waals surface area contributed by atoms with Crippen LogP contribution >= 0.6 is 15.9 Å². The first-order valence-electron chi connectivity index (χ1n) is 6.35. The lowest BCUT2D eigenvalue weighted by Crippen LogP contribution is -1.96. The molecule has 2 heterocycles.